The molecule has 2 fully saturated rings. The van der Waals surface area contributed by atoms with Gasteiger partial charge in [-0.2, -0.15) is 0 Å². The van der Waals surface area contributed by atoms with E-state index in [1.54, 1.807) is 0 Å². The van der Waals surface area contributed by atoms with Crippen molar-refractivity contribution in [2.75, 3.05) is 20.1 Å². The number of aromatic nitrogens is 1. The Morgan fingerprint density at radius 3 is 2.87 bits per heavy atom. The third-order valence-corrected chi connectivity index (χ3v) is 5.52. The lowest BCUT2D eigenvalue weighted by molar-refractivity contribution is 0.151. The highest BCUT2D eigenvalue weighted by atomic mass is 15.3. The number of pyridine rings is 1. The maximum Gasteiger partial charge on any atom is 0.193 e. The van der Waals surface area contributed by atoms with Gasteiger partial charge in [0.25, 0.3) is 0 Å². The van der Waals surface area contributed by atoms with Crippen LogP contribution in [0, 0.1) is 5.41 Å². The summed E-state index contributed by atoms with van der Waals surface area (Å²) in [5.41, 5.74) is 2.90. The van der Waals surface area contributed by atoms with Crippen LogP contribution < -0.4 is 5.32 Å². The average molecular weight is 308 g/mol. The molecule has 4 nitrogen and oxygen atoms in total. The molecular formula is C19H24N4. The average Bonchev–Trinajstić information content (AvgIpc) is 3.01. The summed E-state index contributed by atoms with van der Waals surface area (Å²) in [6.07, 6.45) is 7.38. The molecule has 1 aromatic carbocycles. The number of rotatable bonds is 2. The highest BCUT2D eigenvalue weighted by Gasteiger charge is 2.43. The van der Waals surface area contributed by atoms with E-state index in [-0.39, 0.29) is 0 Å². The Hall–Kier alpha value is -2.10. The van der Waals surface area contributed by atoms with Gasteiger partial charge in [-0.1, -0.05) is 30.7 Å². The molecule has 4 heteroatoms. The van der Waals surface area contributed by atoms with E-state index in [0.29, 0.717) is 5.41 Å². The zero-order chi connectivity index (χ0) is 15.7. The van der Waals surface area contributed by atoms with Gasteiger partial charge >= 0.3 is 0 Å². The van der Waals surface area contributed by atoms with Crippen LogP contribution in [-0.2, 0) is 6.54 Å². The lowest BCUT2D eigenvalue weighted by atomic mass is 9.68. The van der Waals surface area contributed by atoms with Crippen molar-refractivity contribution in [1.82, 2.24) is 15.2 Å². The third kappa shape index (κ3) is 2.67. The Bertz CT molecular complexity index is 728. The Morgan fingerprint density at radius 2 is 2.13 bits per heavy atom. The number of nitrogens with one attached hydrogen (secondary N) is 1. The molecule has 1 aliphatic heterocycles. The molecule has 1 N–H and O–H groups in total. The highest BCUT2D eigenvalue weighted by Crippen LogP contribution is 2.47. The van der Waals surface area contributed by atoms with Gasteiger partial charge in [0, 0.05) is 38.3 Å². The van der Waals surface area contributed by atoms with E-state index in [2.05, 4.69) is 44.5 Å². The predicted octanol–water partition coefficient (Wildman–Crippen LogP) is 3.19. The van der Waals surface area contributed by atoms with Gasteiger partial charge in [0.05, 0.1) is 5.52 Å². The van der Waals surface area contributed by atoms with Crippen LogP contribution in [0.1, 0.15) is 31.2 Å². The van der Waals surface area contributed by atoms with E-state index in [9.17, 15) is 0 Å². The molecule has 120 valence electrons. The molecule has 4 rings (SSSR count). The molecular weight excluding hydrogens is 284 g/mol. The Balaban J connectivity index is 1.47. The van der Waals surface area contributed by atoms with E-state index in [1.807, 2.05) is 19.3 Å². The van der Waals surface area contributed by atoms with E-state index in [4.69, 9.17) is 0 Å². The largest absolute Gasteiger partial charge is 0.352 e. The minimum absolute atomic E-state index is 0.596. The summed E-state index contributed by atoms with van der Waals surface area (Å²) in [5.74, 6) is 1.03. The van der Waals surface area contributed by atoms with Gasteiger partial charge in [0.2, 0.25) is 0 Å². The standard InChI is InChI=1S/C19H24N4/c1-20-18(23-12-10-19(14-23)8-4-9-19)22-13-16-6-2-5-15-7-3-11-21-17(15)16/h2-3,5-7,11H,4,8-10,12-14H2,1H3,(H,20,22). The van der Waals surface area contributed by atoms with Crippen LogP contribution in [0.15, 0.2) is 41.5 Å². The maximum absolute atomic E-state index is 4.53. The van der Waals surface area contributed by atoms with Gasteiger partial charge in [-0.25, -0.2) is 0 Å². The number of guanidine groups is 1. The quantitative estimate of drug-likeness (QED) is 0.684. The van der Waals surface area contributed by atoms with Crippen molar-refractivity contribution < 1.29 is 0 Å². The zero-order valence-electron chi connectivity index (χ0n) is 13.8. The molecule has 2 aliphatic rings. The van der Waals surface area contributed by atoms with Crippen LogP contribution in [0.2, 0.25) is 0 Å². The first-order valence-corrected chi connectivity index (χ1v) is 8.58. The lowest BCUT2D eigenvalue weighted by Crippen LogP contribution is -2.42. The van der Waals surface area contributed by atoms with Gasteiger partial charge in [0.1, 0.15) is 0 Å². The number of hydrogen-bond acceptors (Lipinski definition) is 2. The van der Waals surface area contributed by atoms with Crippen LogP contribution in [-0.4, -0.2) is 36.0 Å². The minimum Gasteiger partial charge on any atom is -0.352 e. The second-order valence-corrected chi connectivity index (χ2v) is 6.92. The number of aliphatic imine (C=N–C) groups is 1. The van der Waals surface area contributed by atoms with E-state index < -0.39 is 0 Å². The molecule has 0 bridgehead atoms. The molecule has 23 heavy (non-hydrogen) atoms. The van der Waals surface area contributed by atoms with Crippen LogP contribution in [0.25, 0.3) is 10.9 Å². The molecule has 0 radical (unpaired) electrons. The number of nitrogens with zero attached hydrogens (tertiary/aromatic N) is 3. The third-order valence-electron chi connectivity index (χ3n) is 5.52. The SMILES string of the molecule is CN=C(NCc1cccc2cccnc12)N1CCC2(CCC2)C1. The van der Waals surface area contributed by atoms with Crippen molar-refractivity contribution in [3.8, 4) is 0 Å². The topological polar surface area (TPSA) is 40.5 Å². The fraction of sp³-hybridized carbons (Fsp3) is 0.474. The molecule has 1 saturated heterocycles. The van der Waals surface area contributed by atoms with Gasteiger partial charge in [-0.15, -0.1) is 0 Å². The van der Waals surface area contributed by atoms with Gasteiger partial charge < -0.3 is 10.2 Å². The van der Waals surface area contributed by atoms with E-state index >= 15 is 0 Å². The predicted molar refractivity (Wildman–Crippen MR) is 94.4 cm³/mol. The number of likely N-dealkylation sites (tertiary alicyclic amines) is 1. The monoisotopic (exact) mass is 308 g/mol. The number of fused-ring (bicyclic) bond motifs is 1. The maximum atomic E-state index is 4.53. The van der Waals surface area contributed by atoms with Crippen LogP contribution in [0.4, 0.5) is 0 Å². The Kier molecular flexibility index (Phi) is 3.68. The van der Waals surface area contributed by atoms with Crippen LogP contribution in [0.3, 0.4) is 0 Å². The second kappa shape index (κ2) is 5.84. The summed E-state index contributed by atoms with van der Waals surface area (Å²) in [5, 5.41) is 4.73. The highest BCUT2D eigenvalue weighted by molar-refractivity contribution is 5.83. The molecule has 2 heterocycles. The summed E-state index contributed by atoms with van der Waals surface area (Å²) in [4.78, 5) is 11.5. The summed E-state index contributed by atoms with van der Waals surface area (Å²) >= 11 is 0. The first-order chi connectivity index (χ1) is 11.3. The van der Waals surface area contributed by atoms with Gasteiger partial charge in [0.15, 0.2) is 5.96 Å². The van der Waals surface area contributed by atoms with E-state index in [1.165, 1.54) is 43.2 Å². The molecule has 1 spiro atoms. The summed E-state index contributed by atoms with van der Waals surface area (Å²) in [6, 6.07) is 10.5. The zero-order valence-corrected chi connectivity index (χ0v) is 13.8. The minimum atomic E-state index is 0.596. The smallest absolute Gasteiger partial charge is 0.193 e. The Labute approximate surface area is 137 Å². The van der Waals surface area contributed by atoms with Crippen LogP contribution in [0.5, 0.6) is 0 Å². The molecule has 2 aromatic rings. The van der Waals surface area contributed by atoms with Crippen molar-refractivity contribution in [3.63, 3.8) is 0 Å². The molecule has 1 aliphatic carbocycles. The Morgan fingerprint density at radius 1 is 1.26 bits per heavy atom. The van der Waals surface area contributed by atoms with Crippen molar-refractivity contribution in [2.24, 2.45) is 10.4 Å². The first-order valence-electron chi connectivity index (χ1n) is 8.58. The molecule has 1 aromatic heterocycles. The number of benzene rings is 1. The molecule has 1 saturated carbocycles. The lowest BCUT2D eigenvalue weighted by Gasteiger charge is -2.38. The van der Waals surface area contributed by atoms with E-state index in [0.717, 1.165) is 24.6 Å². The normalized spacial score (nSPS) is 20.0. The van der Waals surface area contributed by atoms with Crippen molar-refractivity contribution in [3.05, 3.63) is 42.1 Å². The summed E-state index contributed by atoms with van der Waals surface area (Å²) < 4.78 is 0. The van der Waals surface area contributed by atoms with Crippen molar-refractivity contribution in [2.45, 2.75) is 32.2 Å². The second-order valence-electron chi connectivity index (χ2n) is 6.92. The summed E-state index contributed by atoms with van der Waals surface area (Å²) in [7, 11) is 1.88. The van der Waals surface area contributed by atoms with Gasteiger partial charge in [-0.05, 0) is 36.3 Å². The van der Waals surface area contributed by atoms with Gasteiger partial charge in [-0.3, -0.25) is 9.98 Å². The fourth-order valence-electron chi connectivity index (χ4n) is 4.02. The molecule has 0 unspecified atom stereocenters. The van der Waals surface area contributed by atoms with Crippen molar-refractivity contribution >= 4 is 16.9 Å². The fourth-order valence-corrected chi connectivity index (χ4v) is 4.02. The first kappa shape index (κ1) is 14.5. The number of para-hydroxylation sites is 1. The molecule has 0 atom stereocenters. The van der Waals surface area contributed by atoms with Crippen molar-refractivity contribution in [1.29, 1.82) is 0 Å². The van der Waals surface area contributed by atoms with Crippen LogP contribution >= 0.6 is 0 Å². The molecule has 0 amide bonds. The summed E-state index contributed by atoms with van der Waals surface area (Å²) in [6.45, 7) is 3.07. The number of hydrogen-bond donors (Lipinski definition) is 1.